The fourth-order valence-electron chi connectivity index (χ4n) is 1.73. The van der Waals surface area contributed by atoms with Gasteiger partial charge >= 0.3 is 0 Å². The fourth-order valence-corrected chi connectivity index (χ4v) is 3.17. The summed E-state index contributed by atoms with van der Waals surface area (Å²) in [5, 5.41) is 14.0. The summed E-state index contributed by atoms with van der Waals surface area (Å²) in [7, 11) is 0. The standard InChI is InChI=1S/C14H12Br2N2O2/c1-9-2-4-10(5-3-9)8-17-14-12(15)6-11(18(19)20)7-13(14)16/h2-7,17H,8H2,1H3. The molecule has 2 aromatic carbocycles. The molecule has 104 valence electrons. The van der Waals surface area contributed by atoms with Gasteiger partial charge in [0.05, 0.1) is 10.6 Å². The predicted molar refractivity (Wildman–Crippen MR) is 87.0 cm³/mol. The molecule has 0 heterocycles. The predicted octanol–water partition coefficient (Wildman–Crippen LogP) is 5.04. The molecular formula is C14H12Br2N2O2. The molecule has 0 spiro atoms. The lowest BCUT2D eigenvalue weighted by Crippen LogP contribution is -2.01. The third-order valence-electron chi connectivity index (χ3n) is 2.83. The number of aryl methyl sites for hydroxylation is 1. The van der Waals surface area contributed by atoms with Gasteiger partial charge in [0.2, 0.25) is 0 Å². The van der Waals surface area contributed by atoms with Crippen molar-refractivity contribution in [1.29, 1.82) is 0 Å². The molecular weight excluding hydrogens is 388 g/mol. The number of halogens is 2. The highest BCUT2D eigenvalue weighted by atomic mass is 79.9. The quantitative estimate of drug-likeness (QED) is 0.578. The molecule has 0 amide bonds. The smallest absolute Gasteiger partial charge is 0.271 e. The molecule has 0 aliphatic rings. The summed E-state index contributed by atoms with van der Waals surface area (Å²) < 4.78 is 1.32. The number of rotatable bonds is 4. The Hall–Kier alpha value is -1.40. The van der Waals surface area contributed by atoms with Gasteiger partial charge in [-0.3, -0.25) is 10.1 Å². The molecule has 1 N–H and O–H groups in total. The first-order valence-electron chi connectivity index (χ1n) is 5.90. The van der Waals surface area contributed by atoms with Crippen LogP contribution in [-0.2, 0) is 6.54 Å². The van der Waals surface area contributed by atoms with E-state index in [9.17, 15) is 10.1 Å². The lowest BCUT2D eigenvalue weighted by atomic mass is 10.1. The molecule has 6 heteroatoms. The monoisotopic (exact) mass is 398 g/mol. The van der Waals surface area contributed by atoms with Crippen LogP contribution in [0.15, 0.2) is 45.3 Å². The van der Waals surface area contributed by atoms with Gasteiger partial charge < -0.3 is 5.32 Å². The van der Waals surface area contributed by atoms with Crippen molar-refractivity contribution in [3.05, 3.63) is 66.6 Å². The van der Waals surface area contributed by atoms with E-state index in [1.54, 1.807) is 0 Å². The Morgan fingerprint density at radius 1 is 1.15 bits per heavy atom. The Morgan fingerprint density at radius 3 is 2.20 bits per heavy atom. The number of hydrogen-bond donors (Lipinski definition) is 1. The topological polar surface area (TPSA) is 55.2 Å². The first-order valence-corrected chi connectivity index (χ1v) is 7.49. The third kappa shape index (κ3) is 3.58. The second-order valence-electron chi connectivity index (χ2n) is 4.38. The van der Waals surface area contributed by atoms with E-state index in [-0.39, 0.29) is 5.69 Å². The zero-order valence-corrected chi connectivity index (χ0v) is 13.9. The molecule has 0 aliphatic heterocycles. The Kier molecular flexibility index (Phi) is 4.77. The largest absolute Gasteiger partial charge is 0.379 e. The van der Waals surface area contributed by atoms with Crippen molar-refractivity contribution in [3.63, 3.8) is 0 Å². The van der Waals surface area contributed by atoms with Crippen molar-refractivity contribution in [2.24, 2.45) is 0 Å². The molecule has 0 aliphatic carbocycles. The number of nitro benzene ring substituents is 1. The van der Waals surface area contributed by atoms with E-state index in [4.69, 9.17) is 0 Å². The van der Waals surface area contributed by atoms with Gasteiger partial charge in [0.1, 0.15) is 0 Å². The maximum absolute atomic E-state index is 10.8. The molecule has 0 aromatic heterocycles. The number of nitro groups is 1. The Balaban J connectivity index is 2.17. The van der Waals surface area contributed by atoms with Crippen molar-refractivity contribution in [1.82, 2.24) is 0 Å². The number of nitrogens with one attached hydrogen (secondary N) is 1. The van der Waals surface area contributed by atoms with Crippen LogP contribution in [0.3, 0.4) is 0 Å². The van der Waals surface area contributed by atoms with E-state index in [0.29, 0.717) is 15.5 Å². The zero-order valence-electron chi connectivity index (χ0n) is 10.7. The maximum Gasteiger partial charge on any atom is 0.271 e. The molecule has 2 rings (SSSR count). The summed E-state index contributed by atoms with van der Waals surface area (Å²) in [5.74, 6) is 0. The fraction of sp³-hybridized carbons (Fsp3) is 0.143. The van der Waals surface area contributed by atoms with Gasteiger partial charge in [-0.05, 0) is 44.3 Å². The van der Waals surface area contributed by atoms with E-state index in [2.05, 4.69) is 61.4 Å². The van der Waals surface area contributed by atoms with Crippen molar-refractivity contribution >= 4 is 43.2 Å². The summed E-state index contributed by atoms with van der Waals surface area (Å²) in [4.78, 5) is 10.4. The van der Waals surface area contributed by atoms with E-state index < -0.39 is 4.92 Å². The molecule has 0 fully saturated rings. The van der Waals surface area contributed by atoms with Gasteiger partial charge in [0, 0.05) is 27.6 Å². The second kappa shape index (κ2) is 6.37. The summed E-state index contributed by atoms with van der Waals surface area (Å²) in [5.41, 5.74) is 3.21. The van der Waals surface area contributed by atoms with E-state index in [1.165, 1.54) is 17.7 Å². The minimum Gasteiger partial charge on any atom is -0.379 e. The lowest BCUT2D eigenvalue weighted by Gasteiger charge is -2.11. The Labute approximate surface area is 133 Å². The molecule has 0 saturated carbocycles. The van der Waals surface area contributed by atoms with E-state index >= 15 is 0 Å². The van der Waals surface area contributed by atoms with Gasteiger partial charge in [-0.1, -0.05) is 29.8 Å². The second-order valence-corrected chi connectivity index (χ2v) is 6.09. The van der Waals surface area contributed by atoms with Crippen LogP contribution in [0.1, 0.15) is 11.1 Å². The van der Waals surface area contributed by atoms with Crippen LogP contribution in [-0.4, -0.2) is 4.92 Å². The van der Waals surface area contributed by atoms with Crippen molar-refractivity contribution in [2.45, 2.75) is 13.5 Å². The van der Waals surface area contributed by atoms with Crippen LogP contribution in [0, 0.1) is 17.0 Å². The van der Waals surface area contributed by atoms with E-state index in [0.717, 1.165) is 11.3 Å². The summed E-state index contributed by atoms with van der Waals surface area (Å²) in [6, 6.07) is 11.2. The van der Waals surface area contributed by atoms with Crippen LogP contribution in [0.5, 0.6) is 0 Å². The highest BCUT2D eigenvalue weighted by Crippen LogP contribution is 2.35. The van der Waals surface area contributed by atoms with Gasteiger partial charge in [-0.25, -0.2) is 0 Å². The molecule has 0 unspecified atom stereocenters. The average molecular weight is 400 g/mol. The molecule has 0 radical (unpaired) electrons. The maximum atomic E-state index is 10.8. The van der Waals surface area contributed by atoms with Crippen LogP contribution in [0.25, 0.3) is 0 Å². The van der Waals surface area contributed by atoms with Crippen molar-refractivity contribution < 1.29 is 4.92 Å². The third-order valence-corrected chi connectivity index (χ3v) is 4.08. The summed E-state index contributed by atoms with van der Waals surface area (Å²) in [6.07, 6.45) is 0. The summed E-state index contributed by atoms with van der Waals surface area (Å²) in [6.45, 7) is 2.69. The average Bonchev–Trinajstić information content (AvgIpc) is 2.39. The van der Waals surface area contributed by atoms with Gasteiger partial charge in [-0.15, -0.1) is 0 Å². The number of benzene rings is 2. The zero-order chi connectivity index (χ0) is 14.7. The highest BCUT2D eigenvalue weighted by Gasteiger charge is 2.13. The van der Waals surface area contributed by atoms with Crippen molar-refractivity contribution in [2.75, 3.05) is 5.32 Å². The van der Waals surface area contributed by atoms with Crippen molar-refractivity contribution in [3.8, 4) is 0 Å². The Bertz CT molecular complexity index is 619. The number of hydrogen-bond acceptors (Lipinski definition) is 3. The highest BCUT2D eigenvalue weighted by molar-refractivity contribution is 9.11. The SMILES string of the molecule is Cc1ccc(CNc2c(Br)cc([N+](=O)[O-])cc2Br)cc1. The van der Waals surface area contributed by atoms with Gasteiger partial charge in [-0.2, -0.15) is 0 Å². The van der Waals surface area contributed by atoms with Crippen LogP contribution in [0.4, 0.5) is 11.4 Å². The van der Waals surface area contributed by atoms with Crippen LogP contribution >= 0.6 is 31.9 Å². The van der Waals surface area contributed by atoms with E-state index in [1.807, 2.05) is 6.92 Å². The first kappa shape index (κ1) is 15.0. The van der Waals surface area contributed by atoms with Crippen LogP contribution < -0.4 is 5.32 Å². The lowest BCUT2D eigenvalue weighted by molar-refractivity contribution is -0.385. The molecule has 2 aromatic rings. The van der Waals surface area contributed by atoms with Gasteiger partial charge in [0.25, 0.3) is 5.69 Å². The molecule has 0 bridgehead atoms. The first-order chi connectivity index (χ1) is 9.47. The minimum atomic E-state index is -0.417. The molecule has 0 saturated heterocycles. The molecule has 20 heavy (non-hydrogen) atoms. The van der Waals surface area contributed by atoms with Gasteiger partial charge in [0.15, 0.2) is 0 Å². The molecule has 0 atom stereocenters. The number of nitrogens with zero attached hydrogens (tertiary/aromatic N) is 1. The normalized spacial score (nSPS) is 10.3. The minimum absolute atomic E-state index is 0.0460. The van der Waals surface area contributed by atoms with Crippen LogP contribution in [0.2, 0.25) is 0 Å². The number of anilines is 1. The number of non-ortho nitro benzene ring substituents is 1. The summed E-state index contributed by atoms with van der Waals surface area (Å²) >= 11 is 6.71. The Morgan fingerprint density at radius 2 is 1.70 bits per heavy atom. The molecule has 4 nitrogen and oxygen atoms in total.